The number of aromatic nitrogens is 5. The molecule has 0 aliphatic heterocycles. The number of rotatable bonds is 2. The maximum absolute atomic E-state index is 6.34. The molecule has 0 radical (unpaired) electrons. The molecule has 0 amide bonds. The Morgan fingerprint density at radius 3 is 3.00 bits per heavy atom. The first-order valence-corrected chi connectivity index (χ1v) is 6.68. The van der Waals surface area contributed by atoms with Crippen LogP contribution in [0.5, 0.6) is 0 Å². The second kappa shape index (κ2) is 4.11. The van der Waals surface area contributed by atoms with Crippen LogP contribution >= 0.6 is 0 Å². The molecule has 1 aliphatic rings. The van der Waals surface area contributed by atoms with E-state index in [1.165, 1.54) is 0 Å². The lowest BCUT2D eigenvalue weighted by molar-refractivity contribution is 0.373. The molecule has 3 aromatic heterocycles. The van der Waals surface area contributed by atoms with Crippen LogP contribution in [0.1, 0.15) is 31.5 Å². The largest absolute Gasteiger partial charge is 0.334 e. The van der Waals surface area contributed by atoms with Crippen molar-refractivity contribution in [3.63, 3.8) is 0 Å². The van der Waals surface area contributed by atoms with Crippen LogP contribution in [-0.2, 0) is 5.54 Å². The summed E-state index contributed by atoms with van der Waals surface area (Å²) in [6, 6.07) is 1.82. The average molecular weight is 270 g/mol. The number of hydrogen-bond donors (Lipinski definition) is 1. The molecule has 20 heavy (non-hydrogen) atoms. The zero-order valence-electron chi connectivity index (χ0n) is 10.9. The van der Waals surface area contributed by atoms with Gasteiger partial charge in [0.25, 0.3) is 5.89 Å². The minimum absolute atomic E-state index is 0.422. The molecule has 0 unspecified atom stereocenters. The van der Waals surface area contributed by atoms with Crippen LogP contribution in [0.2, 0.25) is 0 Å². The molecule has 0 bridgehead atoms. The minimum Gasteiger partial charge on any atom is -0.334 e. The van der Waals surface area contributed by atoms with Gasteiger partial charge in [-0.2, -0.15) is 10.1 Å². The standard InChI is InChI=1S/C13H14N6O/c14-13(4-1-2-5-13)12-17-11(20-18-12)9-8-16-19-7-3-6-15-10(9)19/h3,6-8H,1-2,4-5,14H2. The van der Waals surface area contributed by atoms with Gasteiger partial charge < -0.3 is 10.3 Å². The van der Waals surface area contributed by atoms with Crippen molar-refractivity contribution < 1.29 is 4.52 Å². The molecule has 3 heterocycles. The third-order valence-corrected chi connectivity index (χ3v) is 3.88. The Morgan fingerprint density at radius 1 is 1.30 bits per heavy atom. The van der Waals surface area contributed by atoms with E-state index >= 15 is 0 Å². The highest BCUT2D eigenvalue weighted by Crippen LogP contribution is 2.35. The van der Waals surface area contributed by atoms with Crippen LogP contribution in [-0.4, -0.2) is 24.7 Å². The summed E-state index contributed by atoms with van der Waals surface area (Å²) in [5, 5.41) is 8.27. The number of fused-ring (bicyclic) bond motifs is 1. The average Bonchev–Trinajstić information content (AvgIpc) is 3.16. The van der Waals surface area contributed by atoms with Crippen molar-refractivity contribution in [3.8, 4) is 11.5 Å². The van der Waals surface area contributed by atoms with E-state index in [-0.39, 0.29) is 0 Å². The first-order valence-electron chi connectivity index (χ1n) is 6.68. The summed E-state index contributed by atoms with van der Waals surface area (Å²) in [4.78, 5) is 8.74. The lowest BCUT2D eigenvalue weighted by Gasteiger charge is -2.17. The molecular formula is C13H14N6O. The van der Waals surface area contributed by atoms with Crippen molar-refractivity contribution in [2.24, 2.45) is 5.73 Å². The summed E-state index contributed by atoms with van der Waals surface area (Å²) in [7, 11) is 0. The molecule has 4 rings (SSSR count). The fourth-order valence-corrected chi connectivity index (χ4v) is 2.74. The van der Waals surface area contributed by atoms with Gasteiger partial charge in [0.1, 0.15) is 5.56 Å². The Morgan fingerprint density at radius 2 is 2.15 bits per heavy atom. The van der Waals surface area contributed by atoms with Gasteiger partial charge in [-0.05, 0) is 18.9 Å². The molecule has 0 aromatic carbocycles. The number of hydrogen-bond acceptors (Lipinski definition) is 6. The maximum Gasteiger partial charge on any atom is 0.263 e. The van der Waals surface area contributed by atoms with Crippen LogP contribution in [0.3, 0.4) is 0 Å². The van der Waals surface area contributed by atoms with Gasteiger partial charge in [0.05, 0.1) is 11.7 Å². The molecule has 2 N–H and O–H groups in total. The topological polar surface area (TPSA) is 95.1 Å². The van der Waals surface area contributed by atoms with Crippen molar-refractivity contribution in [2.45, 2.75) is 31.2 Å². The van der Waals surface area contributed by atoms with E-state index in [0.29, 0.717) is 17.4 Å². The Kier molecular flexibility index (Phi) is 2.37. The molecule has 7 heteroatoms. The lowest BCUT2D eigenvalue weighted by Crippen LogP contribution is -2.34. The fraction of sp³-hybridized carbons (Fsp3) is 0.385. The normalized spacial score (nSPS) is 17.9. The molecular weight excluding hydrogens is 256 g/mol. The molecule has 0 atom stereocenters. The van der Waals surface area contributed by atoms with E-state index in [2.05, 4.69) is 20.2 Å². The van der Waals surface area contributed by atoms with E-state index < -0.39 is 5.54 Å². The highest BCUT2D eigenvalue weighted by molar-refractivity contribution is 5.70. The van der Waals surface area contributed by atoms with Gasteiger partial charge in [0.2, 0.25) is 0 Å². The molecule has 102 valence electrons. The van der Waals surface area contributed by atoms with Crippen molar-refractivity contribution in [1.82, 2.24) is 24.7 Å². The monoisotopic (exact) mass is 270 g/mol. The second-order valence-corrected chi connectivity index (χ2v) is 5.23. The van der Waals surface area contributed by atoms with Crippen LogP contribution in [0, 0.1) is 0 Å². The van der Waals surface area contributed by atoms with Gasteiger partial charge in [0.15, 0.2) is 11.5 Å². The summed E-state index contributed by atoms with van der Waals surface area (Å²) in [5.41, 5.74) is 7.31. The van der Waals surface area contributed by atoms with Crippen molar-refractivity contribution >= 4 is 5.65 Å². The first-order chi connectivity index (χ1) is 9.76. The van der Waals surface area contributed by atoms with Crippen LogP contribution < -0.4 is 5.73 Å². The Labute approximate surface area is 114 Å². The smallest absolute Gasteiger partial charge is 0.263 e. The van der Waals surface area contributed by atoms with E-state index in [4.69, 9.17) is 10.3 Å². The van der Waals surface area contributed by atoms with E-state index in [1.54, 1.807) is 16.9 Å². The zero-order valence-corrected chi connectivity index (χ0v) is 10.9. The summed E-state index contributed by atoms with van der Waals surface area (Å²) < 4.78 is 7.03. The minimum atomic E-state index is -0.446. The molecule has 1 saturated carbocycles. The number of nitrogens with zero attached hydrogens (tertiary/aromatic N) is 5. The van der Waals surface area contributed by atoms with Gasteiger partial charge >= 0.3 is 0 Å². The molecule has 0 spiro atoms. The molecule has 7 nitrogen and oxygen atoms in total. The third-order valence-electron chi connectivity index (χ3n) is 3.88. The van der Waals surface area contributed by atoms with Gasteiger partial charge in [-0.1, -0.05) is 18.0 Å². The van der Waals surface area contributed by atoms with Gasteiger partial charge in [0, 0.05) is 12.4 Å². The zero-order chi connectivity index (χ0) is 13.6. The first kappa shape index (κ1) is 11.5. The van der Waals surface area contributed by atoms with Crippen molar-refractivity contribution in [2.75, 3.05) is 0 Å². The molecule has 3 aromatic rings. The highest BCUT2D eigenvalue weighted by Gasteiger charge is 2.36. The van der Waals surface area contributed by atoms with Gasteiger partial charge in [-0.25, -0.2) is 9.50 Å². The summed E-state index contributed by atoms with van der Waals surface area (Å²) in [6.07, 6.45) is 9.23. The van der Waals surface area contributed by atoms with Gasteiger partial charge in [-0.15, -0.1) is 0 Å². The maximum atomic E-state index is 6.34. The quantitative estimate of drug-likeness (QED) is 0.758. The van der Waals surface area contributed by atoms with Crippen LogP contribution in [0.4, 0.5) is 0 Å². The summed E-state index contributed by atoms with van der Waals surface area (Å²) >= 11 is 0. The predicted molar refractivity (Wildman–Crippen MR) is 70.6 cm³/mol. The van der Waals surface area contributed by atoms with E-state index in [0.717, 1.165) is 31.2 Å². The van der Waals surface area contributed by atoms with Crippen molar-refractivity contribution in [3.05, 3.63) is 30.5 Å². The lowest BCUT2D eigenvalue weighted by atomic mass is 9.99. The molecule has 1 aliphatic carbocycles. The van der Waals surface area contributed by atoms with Crippen LogP contribution in [0.25, 0.3) is 17.1 Å². The molecule has 1 fully saturated rings. The van der Waals surface area contributed by atoms with Crippen LogP contribution in [0.15, 0.2) is 29.2 Å². The highest BCUT2D eigenvalue weighted by atomic mass is 16.5. The third kappa shape index (κ3) is 1.63. The summed E-state index contributed by atoms with van der Waals surface area (Å²) in [5.74, 6) is 1.01. The van der Waals surface area contributed by atoms with E-state index in [9.17, 15) is 0 Å². The number of nitrogens with two attached hydrogens (primary N) is 1. The predicted octanol–water partition coefficient (Wildman–Crippen LogP) is 1.51. The second-order valence-electron chi connectivity index (χ2n) is 5.23. The van der Waals surface area contributed by atoms with Crippen molar-refractivity contribution in [1.29, 1.82) is 0 Å². The Bertz CT molecular complexity index is 755. The molecule has 0 saturated heterocycles. The SMILES string of the molecule is NC1(c2noc(-c3cnn4cccnc34)n2)CCCC1. The fourth-order valence-electron chi connectivity index (χ4n) is 2.74. The Hall–Kier alpha value is -2.28. The summed E-state index contributed by atoms with van der Waals surface area (Å²) in [6.45, 7) is 0. The van der Waals surface area contributed by atoms with Gasteiger partial charge in [-0.3, -0.25) is 0 Å². The van der Waals surface area contributed by atoms with E-state index in [1.807, 2.05) is 12.3 Å². The Balaban J connectivity index is 1.78.